The molecule has 120 valence electrons. The van der Waals surface area contributed by atoms with Crippen LogP contribution in [0.5, 0.6) is 5.75 Å². The van der Waals surface area contributed by atoms with Gasteiger partial charge in [-0.3, -0.25) is 0 Å². The maximum absolute atomic E-state index is 11.8. The number of rotatable bonds is 8. The molecule has 0 aliphatic rings. The Labute approximate surface area is 125 Å². The van der Waals surface area contributed by atoms with Crippen molar-refractivity contribution in [3.8, 4) is 5.75 Å². The van der Waals surface area contributed by atoms with Crippen molar-refractivity contribution in [3.05, 3.63) is 24.3 Å². The monoisotopic (exact) mass is 336 g/mol. The van der Waals surface area contributed by atoms with Crippen LogP contribution in [0.3, 0.4) is 0 Å². The van der Waals surface area contributed by atoms with E-state index in [1.165, 1.54) is 6.92 Å². The highest BCUT2D eigenvalue weighted by molar-refractivity contribution is 7.91. The lowest BCUT2D eigenvalue weighted by Gasteiger charge is -2.14. The number of para-hydroxylation sites is 2. The normalized spacial score (nSPS) is 13.8. The third kappa shape index (κ3) is 7.30. The van der Waals surface area contributed by atoms with E-state index in [1.54, 1.807) is 24.3 Å². The van der Waals surface area contributed by atoms with Gasteiger partial charge in [0.25, 0.3) is 0 Å². The molecule has 21 heavy (non-hydrogen) atoms. The van der Waals surface area contributed by atoms with Crippen LogP contribution in [0.1, 0.15) is 6.92 Å². The molecule has 0 bridgehead atoms. The fourth-order valence-electron chi connectivity index (χ4n) is 1.73. The molecule has 7 nitrogen and oxygen atoms in total. The smallest absolute Gasteiger partial charge is 0.215 e. The number of nitrogens with two attached hydrogens (primary N) is 1. The first-order valence-electron chi connectivity index (χ1n) is 6.24. The van der Waals surface area contributed by atoms with Crippen molar-refractivity contribution >= 4 is 25.5 Å². The van der Waals surface area contributed by atoms with Crippen molar-refractivity contribution in [1.82, 2.24) is 4.72 Å². The summed E-state index contributed by atoms with van der Waals surface area (Å²) in [5, 5.41) is 0. The SMILES string of the molecule is CC(CS(C)(=O)=O)NS(=O)(=O)CCOc1ccccc1N. The van der Waals surface area contributed by atoms with Crippen LogP contribution < -0.4 is 15.2 Å². The van der Waals surface area contributed by atoms with Crippen LogP contribution in [0.4, 0.5) is 5.69 Å². The van der Waals surface area contributed by atoms with Gasteiger partial charge in [-0.2, -0.15) is 0 Å². The number of ether oxygens (including phenoxy) is 1. The molecule has 9 heteroatoms. The summed E-state index contributed by atoms with van der Waals surface area (Å²) in [5.41, 5.74) is 6.09. The highest BCUT2D eigenvalue weighted by Gasteiger charge is 2.18. The van der Waals surface area contributed by atoms with E-state index in [-0.39, 0.29) is 18.1 Å². The average Bonchev–Trinajstić information content (AvgIpc) is 2.27. The van der Waals surface area contributed by atoms with Gasteiger partial charge in [0.1, 0.15) is 22.2 Å². The highest BCUT2D eigenvalue weighted by Crippen LogP contribution is 2.19. The lowest BCUT2D eigenvalue weighted by atomic mass is 10.3. The molecular formula is C12H20N2O5S2. The van der Waals surface area contributed by atoms with Gasteiger partial charge in [0, 0.05) is 12.3 Å². The zero-order valence-corrected chi connectivity index (χ0v) is 13.6. The first kappa shape index (κ1) is 17.7. The van der Waals surface area contributed by atoms with Crippen LogP contribution in [0, 0.1) is 0 Å². The Kier molecular flexibility index (Phi) is 5.99. The predicted molar refractivity (Wildman–Crippen MR) is 82.4 cm³/mol. The second kappa shape index (κ2) is 7.10. The van der Waals surface area contributed by atoms with Gasteiger partial charge in [0.05, 0.1) is 17.2 Å². The number of sulfone groups is 1. The second-order valence-electron chi connectivity index (χ2n) is 4.82. The Morgan fingerprint density at radius 3 is 2.43 bits per heavy atom. The van der Waals surface area contributed by atoms with Gasteiger partial charge in [-0.25, -0.2) is 21.6 Å². The third-order valence-electron chi connectivity index (χ3n) is 2.46. The average molecular weight is 336 g/mol. The molecule has 0 radical (unpaired) electrons. The topological polar surface area (TPSA) is 116 Å². The van der Waals surface area contributed by atoms with E-state index < -0.39 is 25.9 Å². The third-order valence-corrected chi connectivity index (χ3v) is 5.03. The van der Waals surface area contributed by atoms with E-state index in [9.17, 15) is 16.8 Å². The van der Waals surface area contributed by atoms with E-state index in [0.717, 1.165) is 6.26 Å². The lowest BCUT2D eigenvalue weighted by Crippen LogP contribution is -2.39. The zero-order valence-electron chi connectivity index (χ0n) is 11.9. The molecule has 0 aromatic heterocycles. The van der Waals surface area contributed by atoms with Crippen LogP contribution >= 0.6 is 0 Å². The minimum absolute atomic E-state index is 0.0743. The molecule has 1 unspecified atom stereocenters. The number of nitrogens with one attached hydrogen (secondary N) is 1. The Balaban J connectivity index is 2.48. The molecule has 1 atom stereocenters. The molecule has 0 saturated heterocycles. The van der Waals surface area contributed by atoms with Crippen LogP contribution in [-0.4, -0.2) is 47.2 Å². The van der Waals surface area contributed by atoms with Crippen molar-refractivity contribution < 1.29 is 21.6 Å². The van der Waals surface area contributed by atoms with Crippen molar-refractivity contribution in [2.75, 3.05) is 30.1 Å². The second-order valence-corrected chi connectivity index (χ2v) is 8.87. The highest BCUT2D eigenvalue weighted by atomic mass is 32.2. The molecular weight excluding hydrogens is 316 g/mol. The van der Waals surface area contributed by atoms with Crippen LogP contribution in [0.2, 0.25) is 0 Å². The van der Waals surface area contributed by atoms with Gasteiger partial charge in [0.15, 0.2) is 0 Å². The summed E-state index contributed by atoms with van der Waals surface area (Å²) in [7, 11) is -6.86. The molecule has 3 N–H and O–H groups in total. The molecule has 1 aromatic carbocycles. The molecule has 1 rings (SSSR count). The summed E-state index contributed by atoms with van der Waals surface area (Å²) < 4.78 is 53.3. The van der Waals surface area contributed by atoms with E-state index in [0.29, 0.717) is 11.4 Å². The summed E-state index contributed by atoms with van der Waals surface area (Å²) in [6.07, 6.45) is 1.05. The largest absolute Gasteiger partial charge is 0.490 e. The minimum Gasteiger partial charge on any atom is -0.490 e. The number of sulfonamides is 1. The van der Waals surface area contributed by atoms with Crippen LogP contribution in [-0.2, 0) is 19.9 Å². The first-order valence-corrected chi connectivity index (χ1v) is 9.95. The van der Waals surface area contributed by atoms with Crippen molar-refractivity contribution in [2.45, 2.75) is 13.0 Å². The number of nitrogen functional groups attached to an aromatic ring is 1. The van der Waals surface area contributed by atoms with Gasteiger partial charge in [-0.1, -0.05) is 12.1 Å². The molecule has 0 amide bonds. The molecule has 0 aliphatic carbocycles. The van der Waals surface area contributed by atoms with Crippen LogP contribution in [0.25, 0.3) is 0 Å². The first-order chi connectivity index (χ1) is 9.59. The van der Waals surface area contributed by atoms with E-state index in [4.69, 9.17) is 10.5 Å². The van der Waals surface area contributed by atoms with Gasteiger partial charge in [0.2, 0.25) is 10.0 Å². The molecule has 0 aliphatic heterocycles. The van der Waals surface area contributed by atoms with Gasteiger partial charge < -0.3 is 10.5 Å². The number of benzene rings is 1. The molecule has 0 saturated carbocycles. The fraction of sp³-hybridized carbons (Fsp3) is 0.500. The summed E-state index contributed by atoms with van der Waals surface area (Å²) in [6, 6.07) is 6.07. The quantitative estimate of drug-likeness (QED) is 0.646. The van der Waals surface area contributed by atoms with Crippen molar-refractivity contribution in [1.29, 1.82) is 0 Å². The zero-order chi connectivity index (χ0) is 16.1. The Morgan fingerprint density at radius 2 is 1.86 bits per heavy atom. The van der Waals surface area contributed by atoms with Gasteiger partial charge in [-0.15, -0.1) is 0 Å². The number of hydrogen-bond donors (Lipinski definition) is 2. The Bertz CT molecular complexity index is 671. The van der Waals surface area contributed by atoms with Crippen molar-refractivity contribution in [3.63, 3.8) is 0 Å². The van der Waals surface area contributed by atoms with E-state index >= 15 is 0 Å². The minimum atomic E-state index is -3.62. The van der Waals surface area contributed by atoms with E-state index in [1.807, 2.05) is 0 Å². The van der Waals surface area contributed by atoms with Gasteiger partial charge in [-0.05, 0) is 19.1 Å². The number of hydrogen-bond acceptors (Lipinski definition) is 6. The summed E-state index contributed by atoms with van der Waals surface area (Å²) in [6.45, 7) is 1.42. The molecule has 0 fully saturated rings. The van der Waals surface area contributed by atoms with Gasteiger partial charge >= 0.3 is 0 Å². The molecule has 0 spiro atoms. The standard InChI is InChI=1S/C12H20N2O5S2/c1-10(9-20(2,15)16)14-21(17,18)8-7-19-12-6-4-3-5-11(12)13/h3-6,10,14H,7-9,13H2,1-2H3. The van der Waals surface area contributed by atoms with Crippen LogP contribution in [0.15, 0.2) is 24.3 Å². The summed E-state index contributed by atoms with van der Waals surface area (Å²) >= 11 is 0. The maximum Gasteiger partial charge on any atom is 0.215 e. The summed E-state index contributed by atoms with van der Waals surface area (Å²) in [5.74, 6) is -0.120. The fourth-order valence-corrected chi connectivity index (χ4v) is 3.94. The van der Waals surface area contributed by atoms with E-state index in [2.05, 4.69) is 4.72 Å². The lowest BCUT2D eigenvalue weighted by molar-refractivity contribution is 0.342. The number of anilines is 1. The predicted octanol–water partition coefficient (Wildman–Crippen LogP) is 0.000100. The van der Waals surface area contributed by atoms with Crippen molar-refractivity contribution in [2.24, 2.45) is 0 Å². The molecule has 0 heterocycles. The Hall–Kier alpha value is -1.32. The summed E-state index contributed by atoms with van der Waals surface area (Å²) in [4.78, 5) is 0. The molecule has 1 aromatic rings. The maximum atomic E-state index is 11.8. The Morgan fingerprint density at radius 1 is 1.24 bits per heavy atom.